The van der Waals surface area contributed by atoms with E-state index in [1.165, 1.54) is 37.5 Å². The first-order valence-corrected chi connectivity index (χ1v) is 8.79. The van der Waals surface area contributed by atoms with Gasteiger partial charge in [0.15, 0.2) is 12.9 Å². The van der Waals surface area contributed by atoms with E-state index in [2.05, 4.69) is 18.0 Å². The number of thioether (sulfide) groups is 1. The van der Waals surface area contributed by atoms with Crippen LogP contribution in [0.5, 0.6) is 0 Å². The molecule has 6 heteroatoms. The molecular formula is C15H20NO3S2+. The minimum absolute atomic E-state index is 0.0356. The van der Waals surface area contributed by atoms with Gasteiger partial charge in [0.2, 0.25) is 0 Å². The lowest BCUT2D eigenvalue weighted by Gasteiger charge is -1.88. The molecule has 0 atom stereocenters. The van der Waals surface area contributed by atoms with Crippen molar-refractivity contribution in [3.63, 3.8) is 0 Å². The molecule has 0 fully saturated rings. The molecule has 1 heterocycles. The number of fused-ring (bicyclic) bond motifs is 1. The van der Waals surface area contributed by atoms with Gasteiger partial charge in [-0.25, -0.2) is 4.84 Å². The molecule has 0 radical (unpaired) electrons. The van der Waals surface area contributed by atoms with Crippen molar-refractivity contribution < 1.29 is 14.6 Å². The predicted molar refractivity (Wildman–Crippen MR) is 90.8 cm³/mol. The molecule has 0 spiro atoms. The molecule has 0 unspecified atom stereocenters. The molecule has 114 valence electrons. The fourth-order valence-electron chi connectivity index (χ4n) is 1.63. The lowest BCUT2D eigenvalue weighted by atomic mass is 10.2. The lowest BCUT2D eigenvalue weighted by Crippen LogP contribution is -1.96. The van der Waals surface area contributed by atoms with E-state index in [4.69, 9.17) is 0 Å². The number of ketones is 1. The number of nitrogens with zero attached hydrogens (tertiary/aromatic N) is 1. The van der Waals surface area contributed by atoms with Gasteiger partial charge in [-0.1, -0.05) is 6.92 Å². The second-order valence-electron chi connectivity index (χ2n) is 4.32. The highest BCUT2D eigenvalue weighted by Gasteiger charge is 2.16. The van der Waals surface area contributed by atoms with Crippen molar-refractivity contribution in [1.82, 2.24) is 0 Å². The molecule has 2 aromatic rings. The average Bonchev–Trinajstić information content (AvgIpc) is 2.91. The molecule has 0 amide bonds. The average molecular weight is 326 g/mol. The van der Waals surface area contributed by atoms with E-state index >= 15 is 0 Å². The van der Waals surface area contributed by atoms with Gasteiger partial charge in [-0.05, 0) is 37.5 Å². The molecule has 0 saturated carbocycles. The van der Waals surface area contributed by atoms with Crippen molar-refractivity contribution in [3.05, 3.63) is 34.0 Å². The molecule has 2 rings (SSSR count). The Labute approximate surface area is 133 Å². The van der Waals surface area contributed by atoms with E-state index in [-0.39, 0.29) is 5.78 Å². The van der Waals surface area contributed by atoms with Gasteiger partial charge in [-0.2, -0.15) is 11.8 Å². The Balaban J connectivity index is 0.000000383. The van der Waals surface area contributed by atoms with E-state index in [1.807, 2.05) is 17.8 Å². The van der Waals surface area contributed by atoms with Crippen LogP contribution >= 0.6 is 23.1 Å². The van der Waals surface area contributed by atoms with Crippen molar-refractivity contribution in [2.24, 2.45) is 0 Å². The van der Waals surface area contributed by atoms with Crippen LogP contribution in [0.3, 0.4) is 0 Å². The summed E-state index contributed by atoms with van der Waals surface area (Å²) in [7, 11) is 1.31. The second kappa shape index (κ2) is 8.79. The number of benzene rings is 1. The molecule has 1 aromatic heterocycles. The van der Waals surface area contributed by atoms with E-state index < -0.39 is 0 Å². The molecule has 21 heavy (non-hydrogen) atoms. The van der Waals surface area contributed by atoms with Gasteiger partial charge in [-0.3, -0.25) is 4.79 Å². The molecule has 0 aliphatic rings. The fourth-order valence-corrected chi connectivity index (χ4v) is 2.97. The van der Waals surface area contributed by atoms with Crippen molar-refractivity contribution in [3.8, 4) is 0 Å². The maximum absolute atomic E-state index is 11.2. The van der Waals surface area contributed by atoms with Gasteiger partial charge in [0.05, 0.1) is 9.78 Å². The van der Waals surface area contributed by atoms with Crippen LogP contribution in [0.15, 0.2) is 24.3 Å². The number of carbonyl (C=O) groups excluding carboxylic acids is 1. The number of carbonyl (C=O) groups is 1. The van der Waals surface area contributed by atoms with Crippen LogP contribution in [0.25, 0.3) is 10.1 Å². The summed E-state index contributed by atoms with van der Waals surface area (Å²) < 4.78 is 0.985. The molecule has 0 saturated heterocycles. The minimum Gasteiger partial charge on any atom is -0.294 e. The van der Waals surface area contributed by atoms with Gasteiger partial charge < -0.3 is 0 Å². The van der Waals surface area contributed by atoms with E-state index in [9.17, 15) is 9.70 Å². The highest BCUT2D eigenvalue weighted by atomic mass is 32.2. The Morgan fingerprint density at radius 3 is 2.57 bits per heavy atom. The summed E-state index contributed by atoms with van der Waals surface area (Å²) in [5, 5.41) is 0.880. The van der Waals surface area contributed by atoms with Crippen LogP contribution in [0, 0.1) is 4.91 Å². The molecule has 0 aliphatic carbocycles. The Hall–Kier alpha value is -1.40. The number of hydrogen-bond acceptors (Lipinski definition) is 5. The molecule has 0 bridgehead atoms. The van der Waals surface area contributed by atoms with Gasteiger partial charge >= 0.3 is 5.69 Å². The van der Waals surface area contributed by atoms with E-state index in [1.54, 1.807) is 18.2 Å². The van der Waals surface area contributed by atoms with Crippen LogP contribution in [0.2, 0.25) is 0 Å². The van der Waals surface area contributed by atoms with Crippen LogP contribution < -0.4 is 0 Å². The van der Waals surface area contributed by atoms with E-state index in [0.717, 1.165) is 10.1 Å². The monoisotopic (exact) mass is 326 g/mol. The molecule has 1 aromatic carbocycles. The van der Waals surface area contributed by atoms with Gasteiger partial charge in [0.1, 0.15) is 0 Å². The first-order chi connectivity index (χ1) is 10.0. The van der Waals surface area contributed by atoms with Crippen molar-refractivity contribution >= 4 is 44.7 Å². The Morgan fingerprint density at radius 1 is 1.38 bits per heavy atom. The number of thiophene rings is 1. The zero-order valence-electron chi connectivity index (χ0n) is 12.7. The maximum atomic E-state index is 11.2. The lowest BCUT2D eigenvalue weighted by molar-refractivity contribution is -0.736. The largest absolute Gasteiger partial charge is 0.317 e. The molecule has 0 N–H and O–H groups in total. The Kier molecular flexibility index (Phi) is 7.39. The predicted octanol–water partition coefficient (Wildman–Crippen LogP) is 4.84. The van der Waals surface area contributed by atoms with Gasteiger partial charge in [0, 0.05) is 22.2 Å². The van der Waals surface area contributed by atoms with Crippen LogP contribution in [0.1, 0.15) is 29.9 Å². The summed E-state index contributed by atoms with van der Waals surface area (Å²) in [6.45, 7) is 3.72. The quantitative estimate of drug-likeness (QED) is 0.583. The zero-order valence-corrected chi connectivity index (χ0v) is 14.3. The zero-order chi connectivity index (χ0) is 15.8. The standard InChI is InChI=1S/C11H10NO3S.C4H10S/c1-7(13)11-6-8-5-9(12(14)15-2)3-4-10(8)16-11;1-3-4-5-2/h3-6H,1-2H3;3-4H2,1-2H3/q+1;. The number of Topliss-reactive ketones (excluding diaryl/α,β-unsaturated/α-hetero) is 1. The van der Waals surface area contributed by atoms with Crippen LogP contribution in [-0.4, -0.2) is 29.8 Å². The first-order valence-electron chi connectivity index (χ1n) is 6.58. The molecule has 0 aliphatic heterocycles. The second-order valence-corrected chi connectivity index (χ2v) is 6.39. The Bertz CT molecular complexity index is 620. The summed E-state index contributed by atoms with van der Waals surface area (Å²) in [5.74, 6) is 1.34. The van der Waals surface area contributed by atoms with Crippen molar-refractivity contribution in [2.75, 3.05) is 19.1 Å². The third-order valence-corrected chi connectivity index (χ3v) is 4.67. The van der Waals surface area contributed by atoms with Crippen LogP contribution in [-0.2, 0) is 4.84 Å². The summed E-state index contributed by atoms with van der Waals surface area (Å²) >= 11 is 3.32. The minimum atomic E-state index is 0.0356. The summed E-state index contributed by atoms with van der Waals surface area (Å²) in [5.41, 5.74) is 0.419. The van der Waals surface area contributed by atoms with E-state index in [0.29, 0.717) is 15.5 Å². The maximum Gasteiger partial charge on any atom is 0.317 e. The highest BCUT2D eigenvalue weighted by Crippen LogP contribution is 2.29. The Morgan fingerprint density at radius 2 is 2.10 bits per heavy atom. The fraction of sp³-hybridized carbons (Fsp3) is 0.400. The van der Waals surface area contributed by atoms with Gasteiger partial charge in [-0.15, -0.1) is 11.3 Å². The van der Waals surface area contributed by atoms with Crippen molar-refractivity contribution in [1.29, 1.82) is 0 Å². The molecule has 4 nitrogen and oxygen atoms in total. The summed E-state index contributed by atoms with van der Waals surface area (Å²) in [6, 6.07) is 6.97. The summed E-state index contributed by atoms with van der Waals surface area (Å²) in [6.07, 6.45) is 3.44. The number of hydrogen-bond donors (Lipinski definition) is 0. The smallest absolute Gasteiger partial charge is 0.294 e. The highest BCUT2D eigenvalue weighted by molar-refractivity contribution is 7.98. The first kappa shape index (κ1) is 17.7. The number of rotatable bonds is 5. The summed E-state index contributed by atoms with van der Waals surface area (Å²) in [4.78, 5) is 28.1. The van der Waals surface area contributed by atoms with Crippen LogP contribution in [0.4, 0.5) is 5.69 Å². The SMILES string of the molecule is CCCSC.CO[N+](=O)c1ccc2sc(C(C)=O)cc2c1. The topological polar surface area (TPSA) is 46.4 Å². The third-order valence-electron chi connectivity index (χ3n) is 2.63. The van der Waals surface area contributed by atoms with Crippen molar-refractivity contribution in [2.45, 2.75) is 20.3 Å². The van der Waals surface area contributed by atoms with Gasteiger partial charge in [0.25, 0.3) is 4.92 Å². The normalized spacial score (nSPS) is 9.90. The third kappa shape index (κ3) is 5.13. The molecular weight excluding hydrogens is 306 g/mol.